The van der Waals surface area contributed by atoms with E-state index in [1.165, 1.54) is 0 Å². The molecule has 0 aliphatic heterocycles. The second kappa shape index (κ2) is 64.7. The summed E-state index contributed by atoms with van der Waals surface area (Å²) < 4.78 is 0. The van der Waals surface area contributed by atoms with Crippen LogP contribution in [0.1, 0.15) is 162 Å². The first kappa shape index (κ1) is 91.8. The van der Waals surface area contributed by atoms with Crippen molar-refractivity contribution >= 4 is 0 Å². The molecular weight excluding hydrogens is 972 g/mol. The summed E-state index contributed by atoms with van der Waals surface area (Å²) in [6, 6.07) is 0. The van der Waals surface area contributed by atoms with Gasteiger partial charge in [-0.05, 0) is 162 Å². The Bertz CT molecular complexity index is 472. The van der Waals surface area contributed by atoms with Crippen LogP contribution in [0.3, 0.4) is 0 Å². The van der Waals surface area contributed by atoms with Crippen LogP contribution in [0.15, 0.2) is 0 Å². The molecule has 60 heavy (non-hydrogen) atoms. The van der Waals surface area contributed by atoms with Crippen molar-refractivity contribution < 1.29 is 149 Å². The van der Waals surface area contributed by atoms with Crippen molar-refractivity contribution in [2.45, 2.75) is 260 Å². The van der Waals surface area contributed by atoms with E-state index in [1.807, 2.05) is 0 Å². The van der Waals surface area contributed by atoms with Crippen molar-refractivity contribution in [3.05, 3.63) is 0 Å². The molecule has 0 aliphatic carbocycles. The van der Waals surface area contributed by atoms with Crippen LogP contribution in [0.2, 0.25) is 0 Å². The van der Waals surface area contributed by atoms with Gasteiger partial charge in [0.15, 0.2) is 0 Å². The second-order valence-corrected chi connectivity index (χ2v) is 15.5. The quantitative estimate of drug-likeness (QED) is 0.103. The third-order valence-corrected chi connectivity index (χ3v) is 5.46. The minimum absolute atomic E-state index is 0. The molecule has 16 atom stereocenters. The van der Waals surface area contributed by atoms with Crippen molar-refractivity contribution in [3.63, 3.8) is 0 Å². The molecule has 0 aromatic rings. The van der Waals surface area contributed by atoms with Gasteiger partial charge in [0.25, 0.3) is 0 Å². The molecule has 4 radical (unpaired) electrons. The average molecular weight is 1070 g/mol. The fourth-order valence-electron chi connectivity index (χ4n) is 3.95. The van der Waals surface area contributed by atoms with Gasteiger partial charge < -0.3 is 81.7 Å². The standard InChI is InChI=1S/8C5H12O2.4Co/c8*1-4(6)3-5(2)7;;;;/h8*4-7H,3H2,1-2H3;;;;. The maximum atomic E-state index is 8.56. The largest absolute Gasteiger partial charge is 0.393 e. The van der Waals surface area contributed by atoms with Crippen LogP contribution >= 0.6 is 0 Å². The number of hydrogen-bond acceptors (Lipinski definition) is 16. The predicted octanol–water partition coefficient (Wildman–Crippen LogP) is 1.09. The van der Waals surface area contributed by atoms with E-state index in [-0.39, 0.29) is 165 Å². The zero-order chi connectivity index (χ0) is 46.9. The summed E-state index contributed by atoms with van der Waals surface area (Å²) in [4.78, 5) is 0. The molecule has 0 aliphatic rings. The van der Waals surface area contributed by atoms with Crippen LogP contribution in [0.5, 0.6) is 0 Å². The van der Waals surface area contributed by atoms with E-state index in [0.29, 0.717) is 51.4 Å². The van der Waals surface area contributed by atoms with E-state index in [4.69, 9.17) is 81.7 Å². The van der Waals surface area contributed by atoms with E-state index in [2.05, 4.69) is 0 Å². The molecule has 0 aromatic heterocycles. The van der Waals surface area contributed by atoms with Gasteiger partial charge in [0, 0.05) is 67.1 Å². The van der Waals surface area contributed by atoms with Crippen LogP contribution in [-0.4, -0.2) is 179 Å². The molecule has 0 amide bonds. The molecule has 20 heteroatoms. The Morgan fingerprint density at radius 1 is 0.150 bits per heavy atom. The molecule has 16 nitrogen and oxygen atoms in total. The molecule has 0 aromatic carbocycles. The van der Waals surface area contributed by atoms with E-state index in [1.54, 1.807) is 111 Å². The fraction of sp³-hybridized carbons (Fsp3) is 1.00. The first-order valence-corrected chi connectivity index (χ1v) is 19.9. The smallest absolute Gasteiger partial charge is 0.0536 e. The van der Waals surface area contributed by atoms with E-state index < -0.39 is 0 Å². The monoisotopic (exact) mass is 1070 g/mol. The van der Waals surface area contributed by atoms with E-state index >= 15 is 0 Å². The molecule has 0 saturated heterocycles. The fourth-order valence-corrected chi connectivity index (χ4v) is 3.95. The Kier molecular flexibility index (Phi) is 98.9. The molecule has 0 bridgehead atoms. The summed E-state index contributed by atoms with van der Waals surface area (Å²) in [6.07, 6.45) is -2.22. The topological polar surface area (TPSA) is 324 Å². The van der Waals surface area contributed by atoms with E-state index in [0.717, 1.165) is 0 Å². The number of rotatable bonds is 16. The molecule has 0 saturated carbocycles. The SMILES string of the molecule is CC(O)CC(C)O.CC(O)CC(C)O.CC(O)CC(C)O.CC(O)CC(C)O.CC(O)CC(C)O.CC(O)CC(C)O.CC(O)CC(C)O.CC(O)CC(C)O.[Co].[Co].[Co].[Co]. The zero-order valence-corrected chi connectivity index (χ0v) is 43.5. The van der Waals surface area contributed by atoms with Crippen molar-refractivity contribution in [3.8, 4) is 0 Å². The minimum atomic E-state index is -0.375. The zero-order valence-electron chi connectivity index (χ0n) is 39.4. The Hall–Kier alpha value is 1.39. The van der Waals surface area contributed by atoms with Crippen LogP contribution in [0.25, 0.3) is 0 Å². The molecule has 16 unspecified atom stereocenters. The van der Waals surface area contributed by atoms with Crippen LogP contribution < -0.4 is 0 Å². The molecule has 0 spiro atoms. The van der Waals surface area contributed by atoms with Crippen LogP contribution in [0, 0.1) is 0 Å². The molecule has 388 valence electrons. The summed E-state index contributed by atoms with van der Waals surface area (Å²) >= 11 is 0. The molecule has 16 N–H and O–H groups in total. The molecule has 0 fully saturated rings. The third-order valence-electron chi connectivity index (χ3n) is 5.46. The summed E-state index contributed by atoms with van der Waals surface area (Å²) in [5, 5.41) is 137. The van der Waals surface area contributed by atoms with Crippen molar-refractivity contribution in [2.75, 3.05) is 0 Å². The number of aliphatic hydroxyl groups excluding tert-OH is 16. The summed E-state index contributed by atoms with van der Waals surface area (Å²) in [7, 11) is 0. The number of aliphatic hydroxyl groups is 16. The van der Waals surface area contributed by atoms with Gasteiger partial charge in [-0.25, -0.2) is 0 Å². The predicted molar refractivity (Wildman–Crippen MR) is 224 cm³/mol. The Labute approximate surface area is 406 Å². The maximum Gasteiger partial charge on any atom is 0.0536 e. The Morgan fingerprint density at radius 2 is 0.183 bits per heavy atom. The summed E-state index contributed by atoms with van der Waals surface area (Å²) in [5.41, 5.74) is 0. The van der Waals surface area contributed by atoms with Crippen molar-refractivity contribution in [2.24, 2.45) is 0 Å². The van der Waals surface area contributed by atoms with Gasteiger partial charge in [0.2, 0.25) is 0 Å². The van der Waals surface area contributed by atoms with Crippen molar-refractivity contribution in [1.29, 1.82) is 0 Å². The van der Waals surface area contributed by atoms with Gasteiger partial charge in [-0.15, -0.1) is 0 Å². The maximum absolute atomic E-state index is 8.56. The minimum Gasteiger partial charge on any atom is -0.393 e. The molecule has 0 heterocycles. The average Bonchev–Trinajstić information content (AvgIpc) is 2.84. The molecular formula is C40H96Co4O16. The first-order chi connectivity index (χ1) is 25.0. The normalized spacial score (nSPS) is 17.6. The van der Waals surface area contributed by atoms with Gasteiger partial charge >= 0.3 is 0 Å². The third kappa shape index (κ3) is 182. The molecule has 0 rings (SSSR count). The van der Waals surface area contributed by atoms with Gasteiger partial charge in [-0.3, -0.25) is 0 Å². The van der Waals surface area contributed by atoms with Gasteiger partial charge in [-0.2, -0.15) is 0 Å². The summed E-state index contributed by atoms with van der Waals surface area (Å²) in [6.45, 7) is 26.6. The van der Waals surface area contributed by atoms with Crippen LogP contribution in [-0.2, 0) is 67.1 Å². The van der Waals surface area contributed by atoms with Crippen LogP contribution in [0.4, 0.5) is 0 Å². The Balaban J connectivity index is -0.0000000435. The van der Waals surface area contributed by atoms with Crippen molar-refractivity contribution in [1.82, 2.24) is 0 Å². The second-order valence-electron chi connectivity index (χ2n) is 15.5. The Morgan fingerprint density at radius 3 is 0.183 bits per heavy atom. The summed E-state index contributed by atoms with van der Waals surface area (Å²) in [5.74, 6) is 0. The number of hydrogen-bond donors (Lipinski definition) is 16. The van der Waals surface area contributed by atoms with E-state index in [9.17, 15) is 0 Å². The van der Waals surface area contributed by atoms with Gasteiger partial charge in [0.05, 0.1) is 97.7 Å². The van der Waals surface area contributed by atoms with Gasteiger partial charge in [-0.1, -0.05) is 0 Å². The van der Waals surface area contributed by atoms with Gasteiger partial charge in [0.1, 0.15) is 0 Å². The first-order valence-electron chi connectivity index (χ1n) is 19.9.